The van der Waals surface area contributed by atoms with Crippen LogP contribution in [0.5, 0.6) is 5.75 Å². The van der Waals surface area contributed by atoms with E-state index in [1.54, 1.807) is 18.2 Å². The number of thiophene rings is 1. The predicted molar refractivity (Wildman–Crippen MR) is 104 cm³/mol. The third-order valence-corrected chi connectivity index (χ3v) is 8.34. The van der Waals surface area contributed by atoms with Crippen molar-refractivity contribution in [1.29, 1.82) is 0 Å². The number of hydrogen-bond acceptors (Lipinski definition) is 5. The van der Waals surface area contributed by atoms with Crippen LogP contribution in [0.2, 0.25) is 5.02 Å². The minimum atomic E-state index is -4.39. The first-order valence-corrected chi connectivity index (χ1v) is 12.0. The summed E-state index contributed by atoms with van der Waals surface area (Å²) < 4.78 is 58.0. The smallest absolute Gasteiger partial charge is 0.391 e. The van der Waals surface area contributed by atoms with E-state index in [-0.39, 0.29) is 9.96 Å². The molecule has 3 aromatic rings. The molecule has 1 unspecified atom stereocenters. The molecule has 27 heavy (non-hydrogen) atoms. The number of hydrogen-bond donors (Lipinski definition) is 2. The molecular weight excluding hydrogens is 436 g/mol. The van der Waals surface area contributed by atoms with E-state index in [0.717, 1.165) is 17.4 Å². The topological polar surface area (TPSA) is 92.7 Å². The fourth-order valence-corrected chi connectivity index (χ4v) is 6.43. The number of fused-ring (bicyclic) bond motifs is 1. The highest BCUT2D eigenvalue weighted by Crippen LogP contribution is 2.42. The van der Waals surface area contributed by atoms with Gasteiger partial charge in [0.2, 0.25) is 0 Å². The Labute approximate surface area is 164 Å². The lowest BCUT2D eigenvalue weighted by Gasteiger charge is -2.14. The highest BCUT2D eigenvalue weighted by molar-refractivity contribution is 7.92. The molecule has 0 spiro atoms. The summed E-state index contributed by atoms with van der Waals surface area (Å²) in [5, 5.41) is 1.06. The van der Waals surface area contributed by atoms with Gasteiger partial charge in [-0.15, -0.1) is 11.3 Å². The van der Waals surface area contributed by atoms with E-state index in [0.29, 0.717) is 20.7 Å². The number of nitrogens with one attached hydrogen (secondary N) is 1. The van der Waals surface area contributed by atoms with Gasteiger partial charge >= 0.3 is 7.60 Å². The first-order chi connectivity index (χ1) is 12.6. The quantitative estimate of drug-likeness (QED) is 0.540. The summed E-state index contributed by atoms with van der Waals surface area (Å²) in [6.07, 6.45) is -0.868. The number of halogens is 2. The highest BCUT2D eigenvalue weighted by atomic mass is 35.5. The van der Waals surface area contributed by atoms with E-state index in [1.165, 1.54) is 25.1 Å². The Bertz CT molecular complexity index is 1160. The van der Waals surface area contributed by atoms with Gasteiger partial charge in [0, 0.05) is 6.07 Å². The standard InChI is InChI=1S/C16H14ClFNO5PS2/c1-10-5-6-12(8-14(10)18)24-25(20,21)9-19-27(22,23)15-7-11-3-2-4-13(17)16(11)26-15/h2-8,19H,9H2,1H3,(H,20,21). The number of rotatable bonds is 6. The zero-order chi connectivity index (χ0) is 19.8. The van der Waals surface area contributed by atoms with E-state index in [4.69, 9.17) is 16.1 Å². The summed E-state index contributed by atoms with van der Waals surface area (Å²) in [6, 6.07) is 10.1. The molecule has 11 heteroatoms. The van der Waals surface area contributed by atoms with Crippen LogP contribution in [0.25, 0.3) is 10.1 Å². The van der Waals surface area contributed by atoms with E-state index >= 15 is 0 Å². The monoisotopic (exact) mass is 449 g/mol. The van der Waals surface area contributed by atoms with E-state index in [9.17, 15) is 22.3 Å². The van der Waals surface area contributed by atoms with Gasteiger partial charge in [0.05, 0.1) is 9.72 Å². The summed E-state index contributed by atoms with van der Waals surface area (Å²) in [5.41, 5.74) is 0.347. The van der Waals surface area contributed by atoms with Crippen LogP contribution in [0.15, 0.2) is 46.7 Å². The van der Waals surface area contributed by atoms with Crippen molar-refractivity contribution < 1.29 is 26.8 Å². The molecule has 1 heterocycles. The van der Waals surface area contributed by atoms with Crippen LogP contribution >= 0.6 is 30.5 Å². The normalized spacial score (nSPS) is 14.2. The Kier molecular flexibility index (Phi) is 5.63. The molecular formula is C16H14ClFNO5PS2. The molecule has 0 aliphatic carbocycles. The van der Waals surface area contributed by atoms with Crippen LogP contribution in [0.3, 0.4) is 0 Å². The third kappa shape index (κ3) is 4.68. The second-order valence-electron chi connectivity index (χ2n) is 5.67. The molecule has 0 saturated heterocycles. The van der Waals surface area contributed by atoms with Crippen LogP contribution in [0.4, 0.5) is 4.39 Å². The van der Waals surface area contributed by atoms with Crippen molar-refractivity contribution in [3.63, 3.8) is 0 Å². The molecule has 144 valence electrons. The summed E-state index contributed by atoms with van der Waals surface area (Å²) in [5.74, 6) is -0.771. The maximum atomic E-state index is 13.5. The Morgan fingerprint density at radius 3 is 2.70 bits per heavy atom. The molecule has 0 aliphatic heterocycles. The van der Waals surface area contributed by atoms with Crippen molar-refractivity contribution in [2.24, 2.45) is 0 Å². The van der Waals surface area contributed by atoms with Crippen molar-refractivity contribution >= 4 is 50.6 Å². The van der Waals surface area contributed by atoms with E-state index in [1.807, 2.05) is 4.72 Å². The van der Waals surface area contributed by atoms with Gasteiger partial charge in [-0.3, -0.25) is 0 Å². The van der Waals surface area contributed by atoms with Crippen LogP contribution in [0.1, 0.15) is 5.56 Å². The van der Waals surface area contributed by atoms with E-state index in [2.05, 4.69) is 0 Å². The molecule has 1 atom stereocenters. The van der Waals surface area contributed by atoms with Gasteiger partial charge in [0.1, 0.15) is 22.1 Å². The third-order valence-electron chi connectivity index (χ3n) is 3.58. The van der Waals surface area contributed by atoms with Crippen molar-refractivity contribution in [2.75, 3.05) is 6.29 Å². The zero-order valence-corrected chi connectivity index (χ0v) is 17.1. The second-order valence-corrected chi connectivity index (χ2v) is 10.9. The number of aryl methyl sites for hydroxylation is 1. The maximum Gasteiger partial charge on any atom is 0.391 e. The lowest BCUT2D eigenvalue weighted by atomic mass is 10.2. The van der Waals surface area contributed by atoms with Crippen molar-refractivity contribution in [1.82, 2.24) is 4.72 Å². The first-order valence-electron chi connectivity index (χ1n) is 7.53. The molecule has 2 N–H and O–H groups in total. The summed E-state index contributed by atoms with van der Waals surface area (Å²) >= 11 is 6.99. The van der Waals surface area contributed by atoms with Gasteiger partial charge in [0.15, 0.2) is 0 Å². The minimum absolute atomic E-state index is 0.0491. The van der Waals surface area contributed by atoms with Crippen LogP contribution < -0.4 is 9.25 Å². The molecule has 0 bridgehead atoms. The van der Waals surface area contributed by atoms with Gasteiger partial charge < -0.3 is 9.42 Å². The average molecular weight is 450 g/mol. The first kappa shape index (κ1) is 20.3. The molecule has 1 aromatic heterocycles. The average Bonchev–Trinajstić information content (AvgIpc) is 3.03. The van der Waals surface area contributed by atoms with Gasteiger partial charge in [-0.25, -0.2) is 17.4 Å². The molecule has 0 saturated carbocycles. The highest BCUT2D eigenvalue weighted by Gasteiger charge is 2.27. The van der Waals surface area contributed by atoms with Crippen LogP contribution in [0, 0.1) is 12.7 Å². The molecule has 0 fully saturated rings. The maximum absolute atomic E-state index is 13.5. The number of sulfonamides is 1. The van der Waals surface area contributed by atoms with E-state index < -0.39 is 29.7 Å². The Morgan fingerprint density at radius 1 is 1.30 bits per heavy atom. The van der Waals surface area contributed by atoms with Crippen molar-refractivity contribution in [3.8, 4) is 5.75 Å². The summed E-state index contributed by atoms with van der Waals surface area (Å²) in [4.78, 5) is 9.89. The molecule has 0 radical (unpaired) electrons. The molecule has 0 amide bonds. The van der Waals surface area contributed by atoms with Crippen LogP contribution in [-0.4, -0.2) is 19.6 Å². The summed E-state index contributed by atoms with van der Waals surface area (Å²) in [7, 11) is -8.44. The van der Waals surface area contributed by atoms with Gasteiger partial charge in [-0.1, -0.05) is 29.8 Å². The molecule has 2 aromatic carbocycles. The minimum Gasteiger partial charge on any atom is -0.424 e. The van der Waals surface area contributed by atoms with Gasteiger partial charge in [-0.05, 0) is 36.1 Å². The fourth-order valence-electron chi connectivity index (χ4n) is 2.20. The second kappa shape index (κ2) is 7.50. The Balaban J connectivity index is 1.75. The zero-order valence-electron chi connectivity index (χ0n) is 13.8. The molecule has 0 aliphatic rings. The van der Waals surface area contributed by atoms with Gasteiger partial charge in [-0.2, -0.15) is 4.72 Å². The Hall–Kier alpha value is -1.48. The fraction of sp³-hybridized carbons (Fsp3) is 0.125. The number of benzene rings is 2. The largest absolute Gasteiger partial charge is 0.424 e. The van der Waals surface area contributed by atoms with Crippen molar-refractivity contribution in [2.45, 2.75) is 11.1 Å². The van der Waals surface area contributed by atoms with Gasteiger partial charge in [0.25, 0.3) is 10.0 Å². The lowest BCUT2D eigenvalue weighted by Crippen LogP contribution is -2.25. The van der Waals surface area contributed by atoms with Crippen LogP contribution in [-0.2, 0) is 14.6 Å². The SMILES string of the molecule is Cc1ccc(OP(=O)(O)CNS(=O)(=O)c2cc3cccc(Cl)c3s2)cc1F. The molecule has 6 nitrogen and oxygen atoms in total. The summed E-state index contributed by atoms with van der Waals surface area (Å²) in [6.45, 7) is 1.53. The lowest BCUT2D eigenvalue weighted by molar-refractivity contribution is 0.377. The van der Waals surface area contributed by atoms with Crippen molar-refractivity contribution in [3.05, 3.63) is 58.9 Å². The molecule has 3 rings (SSSR count). The predicted octanol–water partition coefficient (Wildman–Crippen LogP) is 4.50. The Morgan fingerprint density at radius 2 is 2.04 bits per heavy atom.